The summed E-state index contributed by atoms with van der Waals surface area (Å²) >= 11 is -0.736. The van der Waals surface area contributed by atoms with Crippen molar-refractivity contribution in [2.75, 3.05) is 0 Å². The van der Waals surface area contributed by atoms with Gasteiger partial charge in [-0.05, 0) is 0 Å². The second-order valence-corrected chi connectivity index (χ2v) is 8.17. The number of aliphatic carboxylic acids is 1. The third-order valence-electron chi connectivity index (χ3n) is 2.36. The van der Waals surface area contributed by atoms with Crippen LogP contribution in [-0.4, -0.2) is 37.3 Å². The van der Waals surface area contributed by atoms with Crippen LogP contribution in [0.4, 0.5) is 0 Å². The Labute approximate surface area is 77.1 Å². The topological polar surface area (TPSA) is 37.3 Å². The number of rotatable bonds is 1. The molecule has 0 bridgehead atoms. The SMILES string of the molecule is C[CH]1[In]=[CH]C=CC1(C)C(=O)O. The molecule has 1 aliphatic heterocycles. The van der Waals surface area contributed by atoms with E-state index in [9.17, 15) is 4.79 Å². The summed E-state index contributed by atoms with van der Waals surface area (Å²) in [6.07, 6.45) is 3.74. The van der Waals surface area contributed by atoms with E-state index in [1.54, 1.807) is 0 Å². The van der Waals surface area contributed by atoms with Gasteiger partial charge in [-0.15, -0.1) is 0 Å². The number of carboxylic acid groups (broad SMARTS) is 1. The first-order chi connectivity index (χ1) is 5.07. The van der Waals surface area contributed by atoms with E-state index in [-0.39, 0.29) is 0 Å². The molecule has 0 fully saturated rings. The van der Waals surface area contributed by atoms with Crippen molar-refractivity contribution in [3.8, 4) is 0 Å². The standard InChI is InChI=1S/C8H11O2.In/c1-4-6-8(3,5-2)7(9)10;/h1,4-6H,2-3H3,(H,9,10);. The summed E-state index contributed by atoms with van der Waals surface area (Å²) in [6.45, 7) is 3.87. The minimum atomic E-state index is -0.736. The molecule has 0 aliphatic carbocycles. The molecule has 1 rings (SSSR count). The van der Waals surface area contributed by atoms with Gasteiger partial charge in [-0.2, -0.15) is 0 Å². The van der Waals surface area contributed by atoms with Gasteiger partial charge in [-0.3, -0.25) is 0 Å². The van der Waals surface area contributed by atoms with Crippen molar-refractivity contribution in [1.29, 1.82) is 0 Å². The predicted molar refractivity (Wildman–Crippen MR) is 46.1 cm³/mol. The van der Waals surface area contributed by atoms with E-state index in [0.29, 0.717) is 3.67 Å². The Hall–Kier alpha value is -0.0499. The molecular weight excluding hydrogens is 243 g/mol. The molecule has 58 valence electrons. The van der Waals surface area contributed by atoms with Crippen LogP contribution >= 0.6 is 0 Å². The number of allylic oxidation sites excluding steroid dienone is 1. The normalized spacial score (nSPS) is 34.9. The molecular formula is C8H11InO2. The number of hydrogen-bond acceptors (Lipinski definition) is 1. The summed E-state index contributed by atoms with van der Waals surface area (Å²) in [5, 5.41) is 8.93. The van der Waals surface area contributed by atoms with Crippen LogP contribution in [0.3, 0.4) is 0 Å². The third-order valence-corrected chi connectivity index (χ3v) is 7.25. The molecule has 2 atom stereocenters. The van der Waals surface area contributed by atoms with E-state index in [0.717, 1.165) is 0 Å². The van der Waals surface area contributed by atoms with E-state index in [4.69, 9.17) is 5.11 Å². The summed E-state index contributed by atoms with van der Waals surface area (Å²) < 4.78 is 2.59. The molecule has 0 saturated carbocycles. The van der Waals surface area contributed by atoms with Crippen LogP contribution in [0.15, 0.2) is 12.2 Å². The molecule has 0 saturated heterocycles. The fraction of sp³-hybridized carbons (Fsp3) is 0.500. The molecule has 3 heteroatoms. The Bertz CT molecular complexity index is 232. The number of carboxylic acids is 1. The molecule has 1 aliphatic rings. The van der Waals surface area contributed by atoms with Crippen LogP contribution in [0.1, 0.15) is 13.8 Å². The molecule has 11 heavy (non-hydrogen) atoms. The summed E-state index contributed by atoms with van der Waals surface area (Å²) in [5.41, 5.74) is -0.574. The fourth-order valence-electron chi connectivity index (χ4n) is 1.10. The van der Waals surface area contributed by atoms with Gasteiger partial charge in [0.15, 0.2) is 0 Å². The average molecular weight is 254 g/mol. The summed E-state index contributed by atoms with van der Waals surface area (Å²) in [7, 11) is 0. The van der Waals surface area contributed by atoms with Crippen molar-refractivity contribution in [3.63, 3.8) is 0 Å². The van der Waals surface area contributed by atoms with E-state index in [2.05, 4.69) is 10.7 Å². The zero-order chi connectivity index (χ0) is 8.48. The van der Waals surface area contributed by atoms with Crippen LogP contribution < -0.4 is 0 Å². The van der Waals surface area contributed by atoms with Crippen LogP contribution in [0.2, 0.25) is 3.67 Å². The van der Waals surface area contributed by atoms with E-state index in [1.807, 2.05) is 19.1 Å². The fourth-order valence-corrected chi connectivity index (χ4v) is 4.60. The van der Waals surface area contributed by atoms with Gasteiger partial charge in [0.1, 0.15) is 0 Å². The Morgan fingerprint density at radius 2 is 2.36 bits per heavy atom. The Morgan fingerprint density at radius 3 is 2.73 bits per heavy atom. The van der Waals surface area contributed by atoms with Crippen molar-refractivity contribution in [2.45, 2.75) is 17.5 Å². The maximum atomic E-state index is 10.9. The average Bonchev–Trinajstić information content (AvgIpc) is 1.95. The van der Waals surface area contributed by atoms with Crippen molar-refractivity contribution >= 4 is 32.2 Å². The third kappa shape index (κ3) is 1.58. The first-order valence-electron chi connectivity index (χ1n) is 3.67. The van der Waals surface area contributed by atoms with Crippen LogP contribution in [0.5, 0.6) is 0 Å². The van der Waals surface area contributed by atoms with Crippen LogP contribution in [0.25, 0.3) is 0 Å². The minimum absolute atomic E-state index is 0.389. The molecule has 0 aromatic carbocycles. The molecule has 0 radical (unpaired) electrons. The Balaban J connectivity index is 2.94. The second-order valence-electron chi connectivity index (χ2n) is 3.12. The van der Waals surface area contributed by atoms with Gasteiger partial charge in [-0.1, -0.05) is 0 Å². The molecule has 0 amide bonds. The van der Waals surface area contributed by atoms with Crippen molar-refractivity contribution in [1.82, 2.24) is 0 Å². The number of carbonyl (C=O) groups is 1. The van der Waals surface area contributed by atoms with E-state index in [1.165, 1.54) is 0 Å². The summed E-state index contributed by atoms with van der Waals surface area (Å²) in [5.74, 6) is -0.680. The molecule has 2 nitrogen and oxygen atoms in total. The van der Waals surface area contributed by atoms with Gasteiger partial charge in [0, 0.05) is 0 Å². The van der Waals surface area contributed by atoms with Gasteiger partial charge >= 0.3 is 77.1 Å². The molecule has 1 N–H and O–H groups in total. The zero-order valence-electron chi connectivity index (χ0n) is 6.74. The van der Waals surface area contributed by atoms with Gasteiger partial charge in [0.25, 0.3) is 0 Å². The Morgan fingerprint density at radius 1 is 1.73 bits per heavy atom. The molecule has 0 aromatic heterocycles. The van der Waals surface area contributed by atoms with Crippen molar-refractivity contribution < 1.29 is 9.90 Å². The van der Waals surface area contributed by atoms with Gasteiger partial charge in [-0.25, -0.2) is 0 Å². The van der Waals surface area contributed by atoms with Gasteiger partial charge in [0.2, 0.25) is 0 Å². The monoisotopic (exact) mass is 254 g/mol. The zero-order valence-corrected chi connectivity index (χ0v) is 10.0. The van der Waals surface area contributed by atoms with Crippen LogP contribution in [-0.2, 0) is 4.79 Å². The van der Waals surface area contributed by atoms with E-state index >= 15 is 0 Å². The summed E-state index contributed by atoms with van der Waals surface area (Å²) in [4.78, 5) is 10.9. The second kappa shape index (κ2) is 3.13. The summed E-state index contributed by atoms with van der Waals surface area (Å²) in [6, 6.07) is 0. The quantitative estimate of drug-likeness (QED) is 0.756. The van der Waals surface area contributed by atoms with Gasteiger partial charge < -0.3 is 0 Å². The van der Waals surface area contributed by atoms with Crippen molar-refractivity contribution in [3.05, 3.63) is 12.2 Å². The Kier molecular flexibility index (Phi) is 2.58. The molecule has 1 heterocycles. The predicted octanol–water partition coefficient (Wildman–Crippen LogP) is 0.962. The molecule has 0 spiro atoms. The van der Waals surface area contributed by atoms with Crippen LogP contribution in [0, 0.1) is 5.41 Å². The molecule has 0 aromatic rings. The van der Waals surface area contributed by atoms with Crippen molar-refractivity contribution in [2.24, 2.45) is 5.41 Å². The van der Waals surface area contributed by atoms with Gasteiger partial charge in [0.05, 0.1) is 0 Å². The maximum absolute atomic E-state index is 10.9. The first kappa shape index (κ1) is 9.04. The molecule has 2 unspecified atom stereocenters. The first-order valence-corrected chi connectivity index (χ1v) is 7.47. The van der Waals surface area contributed by atoms with E-state index < -0.39 is 33.8 Å². The number of hydrogen-bond donors (Lipinski definition) is 1.